The Bertz CT molecular complexity index is 308. The van der Waals surface area contributed by atoms with Crippen molar-refractivity contribution in [3.05, 3.63) is 5.69 Å². The van der Waals surface area contributed by atoms with Crippen LogP contribution in [0, 0.1) is 0 Å². The zero-order valence-corrected chi connectivity index (χ0v) is 7.77. The summed E-state index contributed by atoms with van der Waals surface area (Å²) in [5, 5.41) is 7.62. The van der Waals surface area contributed by atoms with Crippen molar-refractivity contribution >= 4 is 5.97 Å². The van der Waals surface area contributed by atoms with E-state index < -0.39 is 5.97 Å². The number of hydrogen-bond donors (Lipinski definition) is 0. The Morgan fingerprint density at radius 2 is 2.23 bits per heavy atom. The minimum absolute atomic E-state index is 0.104. The summed E-state index contributed by atoms with van der Waals surface area (Å²) in [6, 6.07) is 0. The van der Waals surface area contributed by atoms with Crippen LogP contribution in [-0.2, 0) is 11.8 Å². The van der Waals surface area contributed by atoms with E-state index in [2.05, 4.69) is 10.2 Å². The fraction of sp³-hybridized carbons (Fsp3) is 0.571. The normalized spacial score (nSPS) is 9.77. The Hall–Kier alpha value is -1.59. The molecule has 1 rings (SSSR count). The van der Waals surface area contributed by atoms with Gasteiger partial charge in [-0.3, -0.25) is 0 Å². The van der Waals surface area contributed by atoms with E-state index in [4.69, 9.17) is 9.47 Å². The van der Waals surface area contributed by atoms with E-state index in [1.165, 1.54) is 11.9 Å². The second kappa shape index (κ2) is 3.88. The lowest BCUT2D eigenvalue weighted by atomic mass is 10.5. The molecule has 0 fully saturated rings. The highest BCUT2D eigenvalue weighted by Crippen LogP contribution is 2.12. The van der Waals surface area contributed by atoms with E-state index >= 15 is 0 Å². The van der Waals surface area contributed by atoms with Crippen molar-refractivity contribution in [3.63, 3.8) is 0 Å². The maximum absolute atomic E-state index is 11.2. The first-order valence-electron chi connectivity index (χ1n) is 3.81. The Morgan fingerprint density at radius 1 is 1.54 bits per heavy atom. The molecule has 0 unspecified atom stereocenters. The fourth-order valence-corrected chi connectivity index (χ4v) is 0.854. The van der Waals surface area contributed by atoms with Gasteiger partial charge in [0, 0.05) is 7.05 Å². The monoisotopic (exact) mass is 185 g/mol. The van der Waals surface area contributed by atoms with E-state index in [1.807, 2.05) is 0 Å². The highest BCUT2D eigenvalue weighted by atomic mass is 16.5. The van der Waals surface area contributed by atoms with Gasteiger partial charge in [0.05, 0.1) is 13.7 Å². The number of methoxy groups -OCH3 is 1. The Kier molecular flexibility index (Phi) is 2.84. The molecule has 0 bridgehead atoms. The van der Waals surface area contributed by atoms with Gasteiger partial charge in [-0.05, 0) is 6.92 Å². The van der Waals surface area contributed by atoms with Gasteiger partial charge in [-0.15, -0.1) is 10.2 Å². The summed E-state index contributed by atoms with van der Waals surface area (Å²) in [6.07, 6.45) is 0. The lowest BCUT2D eigenvalue weighted by Gasteiger charge is -1.98. The molecule has 13 heavy (non-hydrogen) atoms. The highest BCUT2D eigenvalue weighted by Gasteiger charge is 2.19. The molecule has 1 aromatic rings. The molecule has 1 heterocycles. The summed E-state index contributed by atoms with van der Waals surface area (Å²) in [5.41, 5.74) is 0.104. The van der Waals surface area contributed by atoms with Gasteiger partial charge in [-0.1, -0.05) is 0 Å². The van der Waals surface area contributed by atoms with Gasteiger partial charge < -0.3 is 9.47 Å². The van der Waals surface area contributed by atoms with E-state index in [1.54, 1.807) is 14.0 Å². The number of aromatic nitrogens is 3. The van der Waals surface area contributed by atoms with Gasteiger partial charge in [0.15, 0.2) is 0 Å². The zero-order valence-electron chi connectivity index (χ0n) is 7.77. The first-order valence-corrected chi connectivity index (χ1v) is 3.81. The molecule has 0 aromatic carbocycles. The molecule has 0 aliphatic heterocycles. The molecule has 0 spiro atoms. The van der Waals surface area contributed by atoms with E-state index in [0.717, 1.165) is 0 Å². The first-order chi connectivity index (χ1) is 6.19. The Morgan fingerprint density at radius 3 is 2.77 bits per heavy atom. The lowest BCUT2D eigenvalue weighted by molar-refractivity contribution is 0.0515. The molecular weight excluding hydrogens is 174 g/mol. The van der Waals surface area contributed by atoms with Crippen LogP contribution in [-0.4, -0.2) is 34.7 Å². The third-order valence-corrected chi connectivity index (χ3v) is 1.34. The number of rotatable bonds is 3. The van der Waals surface area contributed by atoms with Crippen molar-refractivity contribution in [2.24, 2.45) is 7.05 Å². The predicted octanol–water partition coefficient (Wildman–Crippen LogP) is 0.000400. The minimum atomic E-state index is -0.521. The number of aryl methyl sites for hydroxylation is 1. The van der Waals surface area contributed by atoms with Crippen LogP contribution in [0.5, 0.6) is 5.88 Å². The van der Waals surface area contributed by atoms with Crippen LogP contribution in [0.25, 0.3) is 0 Å². The van der Waals surface area contributed by atoms with Gasteiger partial charge >= 0.3 is 5.97 Å². The van der Waals surface area contributed by atoms with Crippen molar-refractivity contribution in [1.82, 2.24) is 15.0 Å². The smallest absolute Gasteiger partial charge is 0.364 e. The summed E-state index contributed by atoms with van der Waals surface area (Å²) in [7, 11) is 3.03. The molecular formula is C7H11N3O3. The van der Waals surface area contributed by atoms with Crippen molar-refractivity contribution in [2.75, 3.05) is 13.7 Å². The zero-order chi connectivity index (χ0) is 9.84. The van der Waals surface area contributed by atoms with Crippen LogP contribution in [0.4, 0.5) is 0 Å². The summed E-state index contributed by atoms with van der Waals surface area (Å²) in [5.74, 6) is -0.339. The Balaban J connectivity index is 2.91. The minimum Gasteiger partial charge on any atom is -0.478 e. The van der Waals surface area contributed by atoms with E-state index in [9.17, 15) is 4.79 Å². The van der Waals surface area contributed by atoms with Gasteiger partial charge in [0.1, 0.15) is 0 Å². The quantitative estimate of drug-likeness (QED) is 0.620. The number of carbonyl (C=O) groups excluding carboxylic acids is 1. The predicted molar refractivity (Wildman–Crippen MR) is 43.5 cm³/mol. The first kappa shape index (κ1) is 9.50. The van der Waals surface area contributed by atoms with E-state index in [0.29, 0.717) is 6.61 Å². The molecule has 0 radical (unpaired) electrons. The number of ether oxygens (including phenoxy) is 2. The molecule has 6 nitrogen and oxygen atoms in total. The molecule has 0 aliphatic carbocycles. The van der Waals surface area contributed by atoms with Crippen molar-refractivity contribution in [1.29, 1.82) is 0 Å². The highest BCUT2D eigenvalue weighted by molar-refractivity contribution is 5.89. The van der Waals surface area contributed by atoms with Crippen LogP contribution in [0.15, 0.2) is 0 Å². The molecule has 1 aromatic heterocycles. The average Bonchev–Trinajstić information content (AvgIpc) is 2.47. The summed E-state index contributed by atoms with van der Waals surface area (Å²) < 4.78 is 9.59. The molecule has 0 saturated carbocycles. The number of hydrogen-bond acceptors (Lipinski definition) is 5. The van der Waals surface area contributed by atoms with Crippen LogP contribution in [0.1, 0.15) is 17.4 Å². The third kappa shape index (κ3) is 1.95. The van der Waals surface area contributed by atoms with Gasteiger partial charge in [-0.25, -0.2) is 4.79 Å². The average molecular weight is 185 g/mol. The van der Waals surface area contributed by atoms with Gasteiger partial charge in [0.2, 0.25) is 5.69 Å². The van der Waals surface area contributed by atoms with Gasteiger partial charge in [0.25, 0.3) is 5.88 Å². The van der Waals surface area contributed by atoms with Crippen LogP contribution < -0.4 is 4.74 Å². The Labute approximate surface area is 75.4 Å². The molecule has 0 amide bonds. The number of carbonyl (C=O) groups is 1. The second-order valence-electron chi connectivity index (χ2n) is 2.27. The maximum Gasteiger partial charge on any atom is 0.364 e. The summed E-state index contributed by atoms with van der Waals surface area (Å²) in [4.78, 5) is 12.5. The van der Waals surface area contributed by atoms with Crippen LogP contribution in [0.2, 0.25) is 0 Å². The third-order valence-electron chi connectivity index (χ3n) is 1.34. The van der Waals surface area contributed by atoms with Crippen LogP contribution >= 0.6 is 0 Å². The fourth-order valence-electron chi connectivity index (χ4n) is 0.854. The molecule has 0 atom stereocenters. The SMILES string of the molecule is CCOC(=O)c1nn(C)nc1OC. The summed E-state index contributed by atoms with van der Waals surface area (Å²) in [6.45, 7) is 2.03. The largest absolute Gasteiger partial charge is 0.478 e. The molecule has 0 N–H and O–H groups in total. The molecule has 0 saturated heterocycles. The van der Waals surface area contributed by atoms with Gasteiger partial charge in [-0.2, -0.15) is 4.80 Å². The standard InChI is InChI=1S/C7H11N3O3/c1-4-13-7(11)5-6(12-3)9-10(2)8-5/h4H2,1-3H3. The van der Waals surface area contributed by atoms with Crippen LogP contribution in [0.3, 0.4) is 0 Å². The topological polar surface area (TPSA) is 66.2 Å². The van der Waals surface area contributed by atoms with Crippen molar-refractivity contribution in [2.45, 2.75) is 6.92 Å². The van der Waals surface area contributed by atoms with Crippen molar-refractivity contribution < 1.29 is 14.3 Å². The number of esters is 1. The molecule has 6 heteroatoms. The summed E-state index contributed by atoms with van der Waals surface area (Å²) >= 11 is 0. The number of nitrogens with zero attached hydrogens (tertiary/aromatic N) is 3. The maximum atomic E-state index is 11.2. The van der Waals surface area contributed by atoms with Crippen molar-refractivity contribution in [3.8, 4) is 5.88 Å². The molecule has 0 aliphatic rings. The van der Waals surface area contributed by atoms with E-state index in [-0.39, 0.29) is 11.6 Å². The lowest BCUT2D eigenvalue weighted by Crippen LogP contribution is -2.07. The molecule has 72 valence electrons. The second-order valence-corrected chi connectivity index (χ2v) is 2.27.